The van der Waals surface area contributed by atoms with E-state index in [0.29, 0.717) is 40.9 Å². The summed E-state index contributed by atoms with van der Waals surface area (Å²) >= 11 is 8.68. The highest BCUT2D eigenvalue weighted by atomic mass is 127. The van der Waals surface area contributed by atoms with Crippen LogP contribution in [0.3, 0.4) is 0 Å². The molecule has 0 heterocycles. The molecule has 3 aromatic carbocycles. The van der Waals surface area contributed by atoms with E-state index in [1.54, 1.807) is 24.3 Å². The first kappa shape index (κ1) is 25.4. The predicted molar refractivity (Wildman–Crippen MR) is 139 cm³/mol. The SMILES string of the molecule is CCOc1cc(/C=N/NC(=O)Cc2ccccc2[N+](=O)[O-])cc(Cl)c1OCc1ccc(I)cc1. The fraction of sp³-hybridized carbons (Fsp3) is 0.167. The minimum Gasteiger partial charge on any atom is -0.490 e. The molecule has 0 saturated heterocycles. The van der Waals surface area contributed by atoms with Crippen LogP contribution < -0.4 is 14.9 Å². The molecule has 3 rings (SSSR count). The fourth-order valence-electron chi connectivity index (χ4n) is 3.03. The van der Waals surface area contributed by atoms with Crippen molar-refractivity contribution < 1.29 is 19.2 Å². The zero-order valence-electron chi connectivity index (χ0n) is 18.2. The number of rotatable bonds is 10. The summed E-state index contributed by atoms with van der Waals surface area (Å²) in [4.78, 5) is 22.8. The van der Waals surface area contributed by atoms with Crippen molar-refractivity contribution in [3.8, 4) is 11.5 Å². The molecular weight excluding hydrogens is 573 g/mol. The molecule has 176 valence electrons. The standard InChI is InChI=1S/C24H21ClIN3O5/c1-2-33-22-12-17(11-20(25)24(22)34-15-16-7-9-19(26)10-8-16)14-27-28-23(30)13-18-5-3-4-6-21(18)29(31)32/h3-12,14H,2,13,15H2,1H3,(H,28,30)/b27-14+. The summed E-state index contributed by atoms with van der Waals surface area (Å²) in [6.07, 6.45) is 1.24. The van der Waals surface area contributed by atoms with Crippen molar-refractivity contribution in [1.29, 1.82) is 0 Å². The second kappa shape index (κ2) is 12.3. The van der Waals surface area contributed by atoms with Gasteiger partial charge in [0.15, 0.2) is 11.5 Å². The van der Waals surface area contributed by atoms with Crippen molar-refractivity contribution in [3.63, 3.8) is 0 Å². The molecule has 0 atom stereocenters. The lowest BCUT2D eigenvalue weighted by molar-refractivity contribution is -0.385. The molecule has 0 unspecified atom stereocenters. The van der Waals surface area contributed by atoms with E-state index >= 15 is 0 Å². The number of hydrogen-bond donors (Lipinski definition) is 1. The Hall–Kier alpha value is -3.18. The smallest absolute Gasteiger partial charge is 0.273 e. The number of nitro benzene ring substituents is 1. The van der Waals surface area contributed by atoms with E-state index in [2.05, 4.69) is 33.1 Å². The quantitative estimate of drug-likeness (QED) is 0.144. The molecular formula is C24H21ClIN3O5. The Morgan fingerprint density at radius 1 is 1.18 bits per heavy atom. The molecule has 34 heavy (non-hydrogen) atoms. The molecule has 8 nitrogen and oxygen atoms in total. The van der Waals surface area contributed by atoms with Gasteiger partial charge in [-0.1, -0.05) is 41.9 Å². The van der Waals surface area contributed by atoms with Crippen LogP contribution in [-0.2, 0) is 17.8 Å². The zero-order valence-corrected chi connectivity index (χ0v) is 21.1. The van der Waals surface area contributed by atoms with Crippen molar-refractivity contribution >= 4 is 52.0 Å². The Morgan fingerprint density at radius 2 is 1.91 bits per heavy atom. The predicted octanol–water partition coefficient (Wildman–Crippen LogP) is 5.52. The third-order valence-corrected chi connectivity index (χ3v) is 5.57. The van der Waals surface area contributed by atoms with Crippen molar-refractivity contribution in [2.45, 2.75) is 20.0 Å². The average molecular weight is 594 g/mol. The topological polar surface area (TPSA) is 103 Å². The van der Waals surface area contributed by atoms with Gasteiger partial charge >= 0.3 is 0 Å². The summed E-state index contributed by atoms with van der Waals surface area (Å²) in [7, 11) is 0. The van der Waals surface area contributed by atoms with Crippen LogP contribution in [0.4, 0.5) is 5.69 Å². The van der Waals surface area contributed by atoms with Crippen LogP contribution in [0.5, 0.6) is 11.5 Å². The Kier molecular flexibility index (Phi) is 9.23. The maximum absolute atomic E-state index is 12.2. The Morgan fingerprint density at radius 3 is 2.62 bits per heavy atom. The summed E-state index contributed by atoms with van der Waals surface area (Å²) in [6.45, 7) is 2.58. The number of hydrazone groups is 1. The van der Waals surface area contributed by atoms with E-state index in [1.165, 1.54) is 18.3 Å². The third-order valence-electron chi connectivity index (χ3n) is 4.57. The zero-order chi connectivity index (χ0) is 24.5. The number of nitrogens with zero attached hydrogens (tertiary/aromatic N) is 2. The first-order chi connectivity index (χ1) is 16.4. The van der Waals surface area contributed by atoms with Crippen molar-refractivity contribution in [2.24, 2.45) is 5.10 Å². The highest BCUT2D eigenvalue weighted by Gasteiger charge is 2.15. The molecule has 0 radical (unpaired) electrons. The minimum atomic E-state index is -0.523. The van der Waals surface area contributed by atoms with Crippen molar-refractivity contribution in [2.75, 3.05) is 6.61 Å². The number of amides is 1. The summed E-state index contributed by atoms with van der Waals surface area (Å²) in [5.41, 5.74) is 4.14. The number of benzene rings is 3. The Labute approximate surface area is 215 Å². The van der Waals surface area contributed by atoms with Crippen LogP contribution in [0.25, 0.3) is 0 Å². The lowest BCUT2D eigenvalue weighted by atomic mass is 10.1. The number of nitro groups is 1. The van der Waals surface area contributed by atoms with E-state index in [-0.39, 0.29) is 12.1 Å². The van der Waals surface area contributed by atoms with Crippen LogP contribution >= 0.6 is 34.2 Å². The summed E-state index contributed by atoms with van der Waals surface area (Å²) in [5.74, 6) is 0.381. The van der Waals surface area contributed by atoms with Gasteiger partial charge in [0.1, 0.15) is 6.61 Å². The van der Waals surface area contributed by atoms with Gasteiger partial charge < -0.3 is 9.47 Å². The summed E-state index contributed by atoms with van der Waals surface area (Å²) in [6, 6.07) is 17.4. The van der Waals surface area contributed by atoms with Gasteiger partial charge in [0.2, 0.25) is 5.91 Å². The molecule has 1 N–H and O–H groups in total. The second-order valence-corrected chi connectivity index (χ2v) is 8.69. The molecule has 0 saturated carbocycles. The molecule has 1 amide bonds. The second-order valence-electron chi connectivity index (χ2n) is 7.03. The van der Waals surface area contributed by atoms with Crippen molar-refractivity contribution in [1.82, 2.24) is 5.43 Å². The number of hydrogen-bond acceptors (Lipinski definition) is 6. The van der Waals surface area contributed by atoms with E-state index < -0.39 is 10.8 Å². The number of ether oxygens (including phenoxy) is 2. The maximum Gasteiger partial charge on any atom is 0.273 e. The van der Waals surface area contributed by atoms with E-state index in [4.69, 9.17) is 21.1 Å². The van der Waals surface area contributed by atoms with Gasteiger partial charge in [-0.2, -0.15) is 5.10 Å². The molecule has 0 aliphatic carbocycles. The van der Waals surface area contributed by atoms with E-state index in [1.807, 2.05) is 31.2 Å². The highest BCUT2D eigenvalue weighted by molar-refractivity contribution is 14.1. The number of carbonyl (C=O) groups is 1. The van der Waals surface area contributed by atoms with Gasteiger partial charge in [0.25, 0.3) is 5.69 Å². The highest BCUT2D eigenvalue weighted by Crippen LogP contribution is 2.37. The number of para-hydroxylation sites is 1. The van der Waals surface area contributed by atoms with Gasteiger partial charge in [-0.05, 0) is 64.9 Å². The number of carbonyl (C=O) groups excluding carboxylic acids is 1. The average Bonchev–Trinajstić information content (AvgIpc) is 2.80. The van der Waals surface area contributed by atoms with Gasteiger partial charge in [-0.3, -0.25) is 14.9 Å². The largest absolute Gasteiger partial charge is 0.490 e. The lowest BCUT2D eigenvalue weighted by Crippen LogP contribution is -2.20. The van der Waals surface area contributed by atoms with Crippen molar-refractivity contribution in [3.05, 3.63) is 96.1 Å². The van der Waals surface area contributed by atoms with Crippen LogP contribution in [0, 0.1) is 13.7 Å². The molecule has 0 bridgehead atoms. The summed E-state index contributed by atoms with van der Waals surface area (Å²) in [5, 5.41) is 15.4. The third kappa shape index (κ3) is 7.16. The normalized spacial score (nSPS) is 10.8. The van der Waals surface area contributed by atoms with Gasteiger partial charge in [-0.25, -0.2) is 5.43 Å². The molecule has 0 aliphatic heterocycles. The first-order valence-corrected chi connectivity index (χ1v) is 11.7. The molecule has 10 heteroatoms. The molecule has 0 fully saturated rings. The van der Waals surface area contributed by atoms with E-state index in [0.717, 1.165) is 9.13 Å². The van der Waals surface area contributed by atoms with Crippen LogP contribution in [0.2, 0.25) is 5.02 Å². The van der Waals surface area contributed by atoms with E-state index in [9.17, 15) is 14.9 Å². The molecule has 0 spiro atoms. The maximum atomic E-state index is 12.2. The molecule has 3 aromatic rings. The molecule has 0 aromatic heterocycles. The number of nitrogens with one attached hydrogen (secondary N) is 1. The van der Waals surface area contributed by atoms with Gasteiger partial charge in [0.05, 0.1) is 29.2 Å². The molecule has 0 aliphatic rings. The van der Waals surface area contributed by atoms with Crippen LogP contribution in [0.15, 0.2) is 65.8 Å². The number of halogens is 2. The van der Waals surface area contributed by atoms with Gasteiger partial charge in [0, 0.05) is 15.2 Å². The van der Waals surface area contributed by atoms with Crippen LogP contribution in [0.1, 0.15) is 23.6 Å². The first-order valence-electron chi connectivity index (χ1n) is 10.2. The van der Waals surface area contributed by atoms with Crippen LogP contribution in [-0.4, -0.2) is 23.7 Å². The lowest BCUT2D eigenvalue weighted by Gasteiger charge is -2.14. The fourth-order valence-corrected chi connectivity index (χ4v) is 3.66. The monoisotopic (exact) mass is 593 g/mol. The summed E-state index contributed by atoms with van der Waals surface area (Å²) < 4.78 is 12.7. The minimum absolute atomic E-state index is 0.115. The Balaban J connectivity index is 1.67. The Bertz CT molecular complexity index is 1200. The van der Waals surface area contributed by atoms with Gasteiger partial charge in [-0.15, -0.1) is 0 Å².